The van der Waals surface area contributed by atoms with Crippen LogP contribution in [-0.2, 0) is 5.75 Å². The van der Waals surface area contributed by atoms with Gasteiger partial charge in [-0.2, -0.15) is 0 Å². The summed E-state index contributed by atoms with van der Waals surface area (Å²) in [6.07, 6.45) is 0. The number of hydrogen-bond donors (Lipinski definition) is 1. The topological polar surface area (TPSA) is 59.4 Å². The molecule has 3 aromatic rings. The van der Waals surface area contributed by atoms with Crippen molar-refractivity contribution in [1.29, 1.82) is 0 Å². The fourth-order valence-corrected chi connectivity index (χ4v) is 4.17. The highest BCUT2D eigenvalue weighted by Crippen LogP contribution is 2.30. The van der Waals surface area contributed by atoms with E-state index in [9.17, 15) is 9.90 Å². The van der Waals surface area contributed by atoms with Gasteiger partial charge in [0.25, 0.3) is 0 Å². The van der Waals surface area contributed by atoms with Crippen LogP contribution in [-0.4, -0.2) is 22.7 Å². The molecular weight excluding hydrogens is 354 g/mol. The molecule has 0 aliphatic carbocycles. The molecule has 128 valence electrons. The van der Waals surface area contributed by atoms with E-state index in [-0.39, 0.29) is 0 Å². The zero-order valence-electron chi connectivity index (χ0n) is 13.6. The number of benzene rings is 2. The maximum atomic E-state index is 11.3. The number of hydrogen-bond acceptors (Lipinski definition) is 5. The van der Waals surface area contributed by atoms with Crippen LogP contribution in [0, 0.1) is 0 Å². The van der Waals surface area contributed by atoms with Crippen molar-refractivity contribution in [1.82, 2.24) is 4.98 Å². The molecule has 0 saturated heterocycles. The Morgan fingerprint density at radius 3 is 2.68 bits per heavy atom. The highest BCUT2D eigenvalue weighted by Gasteiger charge is 2.11. The summed E-state index contributed by atoms with van der Waals surface area (Å²) in [5.74, 6) is 0.589. The molecule has 4 nitrogen and oxygen atoms in total. The van der Waals surface area contributed by atoms with Crippen LogP contribution in [0.25, 0.3) is 11.3 Å². The Morgan fingerprint density at radius 1 is 1.20 bits per heavy atom. The highest BCUT2D eigenvalue weighted by molar-refractivity contribution is 7.98. The van der Waals surface area contributed by atoms with E-state index in [4.69, 9.17) is 4.74 Å². The standard InChI is InChI=1S/C19H17NO3S2/c1-2-23-14-9-7-13(8-10-14)16-11-25-18(20-16)12-24-17-6-4-3-5-15(17)19(21)22/h3-11H,2,12H2,1H3,(H,21,22). The van der Waals surface area contributed by atoms with Crippen LogP contribution < -0.4 is 4.74 Å². The van der Waals surface area contributed by atoms with Crippen LogP contribution >= 0.6 is 23.1 Å². The van der Waals surface area contributed by atoms with E-state index in [1.807, 2.05) is 48.7 Å². The molecule has 0 radical (unpaired) electrons. The molecule has 1 N–H and O–H groups in total. The summed E-state index contributed by atoms with van der Waals surface area (Å²) in [7, 11) is 0. The third-order valence-corrected chi connectivity index (χ3v) is 5.60. The Morgan fingerprint density at radius 2 is 1.96 bits per heavy atom. The fourth-order valence-electron chi connectivity index (χ4n) is 2.31. The van der Waals surface area contributed by atoms with Crippen molar-refractivity contribution >= 4 is 29.1 Å². The van der Waals surface area contributed by atoms with E-state index >= 15 is 0 Å². The van der Waals surface area contributed by atoms with Crippen molar-refractivity contribution < 1.29 is 14.6 Å². The van der Waals surface area contributed by atoms with Gasteiger partial charge in [-0.15, -0.1) is 23.1 Å². The Balaban J connectivity index is 1.69. The van der Waals surface area contributed by atoms with Gasteiger partial charge in [0, 0.05) is 15.8 Å². The monoisotopic (exact) mass is 371 g/mol. The van der Waals surface area contributed by atoms with Crippen molar-refractivity contribution in [2.75, 3.05) is 6.61 Å². The first-order chi connectivity index (χ1) is 12.2. The van der Waals surface area contributed by atoms with Crippen molar-refractivity contribution in [2.24, 2.45) is 0 Å². The third-order valence-electron chi connectivity index (χ3n) is 3.48. The van der Waals surface area contributed by atoms with Gasteiger partial charge in [-0.25, -0.2) is 9.78 Å². The summed E-state index contributed by atoms with van der Waals surface area (Å²) in [4.78, 5) is 16.7. The second-order valence-electron chi connectivity index (χ2n) is 5.17. The number of ether oxygens (including phenoxy) is 1. The molecule has 0 unspecified atom stereocenters. The molecule has 2 aromatic carbocycles. The van der Waals surface area contributed by atoms with Crippen molar-refractivity contribution in [3.8, 4) is 17.0 Å². The molecule has 0 fully saturated rings. The first kappa shape index (κ1) is 17.5. The quantitative estimate of drug-likeness (QED) is 0.579. The maximum absolute atomic E-state index is 11.3. The Bertz CT molecular complexity index is 859. The molecule has 1 heterocycles. The molecule has 0 aliphatic rings. The third kappa shape index (κ3) is 4.41. The molecule has 0 bridgehead atoms. The van der Waals surface area contributed by atoms with Gasteiger partial charge in [0.2, 0.25) is 0 Å². The largest absolute Gasteiger partial charge is 0.494 e. The first-order valence-electron chi connectivity index (χ1n) is 7.80. The number of aromatic nitrogens is 1. The Labute approximate surface area is 154 Å². The predicted molar refractivity (Wildman–Crippen MR) is 102 cm³/mol. The molecule has 0 atom stereocenters. The molecule has 6 heteroatoms. The lowest BCUT2D eigenvalue weighted by Gasteiger charge is -2.04. The van der Waals surface area contributed by atoms with E-state index in [1.165, 1.54) is 11.8 Å². The number of aromatic carboxylic acids is 1. The lowest BCUT2D eigenvalue weighted by molar-refractivity contribution is 0.0693. The number of carboxylic acids is 1. The van der Waals surface area contributed by atoms with Gasteiger partial charge in [-0.05, 0) is 43.3 Å². The van der Waals surface area contributed by atoms with Gasteiger partial charge in [-0.3, -0.25) is 0 Å². The van der Waals surface area contributed by atoms with Crippen LogP contribution in [0.5, 0.6) is 5.75 Å². The van der Waals surface area contributed by atoms with Crippen LogP contribution in [0.15, 0.2) is 58.8 Å². The first-order valence-corrected chi connectivity index (χ1v) is 9.66. The summed E-state index contributed by atoms with van der Waals surface area (Å²) >= 11 is 3.07. The van der Waals surface area contributed by atoms with Gasteiger partial charge < -0.3 is 9.84 Å². The Hall–Kier alpha value is -2.31. The summed E-state index contributed by atoms with van der Waals surface area (Å²) in [5, 5.41) is 12.2. The second kappa shape index (κ2) is 8.18. The summed E-state index contributed by atoms with van der Waals surface area (Å²) in [6.45, 7) is 2.61. The minimum Gasteiger partial charge on any atom is -0.494 e. The molecular formula is C19H17NO3S2. The summed E-state index contributed by atoms with van der Waals surface area (Å²) < 4.78 is 5.45. The average molecular weight is 371 g/mol. The van der Waals surface area contributed by atoms with E-state index in [1.54, 1.807) is 23.5 Å². The van der Waals surface area contributed by atoms with Crippen molar-refractivity contribution in [3.63, 3.8) is 0 Å². The summed E-state index contributed by atoms with van der Waals surface area (Å²) in [6, 6.07) is 14.9. The van der Waals surface area contributed by atoms with Crippen LogP contribution in [0.1, 0.15) is 22.3 Å². The lowest BCUT2D eigenvalue weighted by Crippen LogP contribution is -1.98. The van der Waals surface area contributed by atoms with Gasteiger partial charge in [0.15, 0.2) is 0 Å². The highest BCUT2D eigenvalue weighted by atomic mass is 32.2. The minimum atomic E-state index is -0.905. The van der Waals surface area contributed by atoms with Gasteiger partial charge >= 0.3 is 5.97 Å². The van der Waals surface area contributed by atoms with Gasteiger partial charge in [0.1, 0.15) is 10.8 Å². The van der Waals surface area contributed by atoms with Crippen molar-refractivity contribution in [3.05, 3.63) is 64.5 Å². The van der Waals surface area contributed by atoms with Crippen LogP contribution in [0.3, 0.4) is 0 Å². The number of carbonyl (C=O) groups is 1. The number of thioether (sulfide) groups is 1. The normalized spacial score (nSPS) is 10.6. The number of nitrogens with zero attached hydrogens (tertiary/aromatic N) is 1. The smallest absolute Gasteiger partial charge is 0.336 e. The van der Waals surface area contributed by atoms with E-state index in [0.29, 0.717) is 17.9 Å². The van der Waals surface area contributed by atoms with E-state index in [2.05, 4.69) is 4.98 Å². The fraction of sp³-hybridized carbons (Fsp3) is 0.158. The number of thiazole rings is 1. The second-order valence-corrected chi connectivity index (χ2v) is 7.13. The van der Waals surface area contributed by atoms with Crippen molar-refractivity contribution in [2.45, 2.75) is 17.6 Å². The molecule has 0 saturated carbocycles. The minimum absolute atomic E-state index is 0.329. The Kier molecular flexibility index (Phi) is 5.73. The molecule has 0 spiro atoms. The maximum Gasteiger partial charge on any atom is 0.336 e. The SMILES string of the molecule is CCOc1ccc(-c2csc(CSc3ccccc3C(=O)O)n2)cc1. The number of rotatable bonds is 7. The van der Waals surface area contributed by atoms with Gasteiger partial charge in [-0.1, -0.05) is 12.1 Å². The van der Waals surface area contributed by atoms with Crippen LogP contribution in [0.2, 0.25) is 0 Å². The number of carboxylic acid groups (broad SMARTS) is 1. The van der Waals surface area contributed by atoms with E-state index < -0.39 is 5.97 Å². The van der Waals surface area contributed by atoms with E-state index in [0.717, 1.165) is 26.9 Å². The molecule has 3 rings (SSSR count). The molecule has 1 aromatic heterocycles. The van der Waals surface area contributed by atoms with Gasteiger partial charge in [0.05, 0.1) is 23.6 Å². The molecule has 0 amide bonds. The molecule has 0 aliphatic heterocycles. The zero-order valence-corrected chi connectivity index (χ0v) is 15.3. The average Bonchev–Trinajstić information content (AvgIpc) is 3.10. The zero-order chi connectivity index (χ0) is 17.6. The predicted octanol–water partition coefficient (Wildman–Crippen LogP) is 5.20. The summed E-state index contributed by atoms with van der Waals surface area (Å²) in [5.41, 5.74) is 2.30. The molecule has 25 heavy (non-hydrogen) atoms. The lowest BCUT2D eigenvalue weighted by atomic mass is 10.2. The van der Waals surface area contributed by atoms with Crippen LogP contribution in [0.4, 0.5) is 0 Å².